The lowest BCUT2D eigenvalue weighted by atomic mass is 10.3. The summed E-state index contributed by atoms with van der Waals surface area (Å²) in [5.74, 6) is 0.637. The number of rotatable bonds is 4. The van der Waals surface area contributed by atoms with Crippen molar-refractivity contribution < 1.29 is 13.2 Å². The van der Waals surface area contributed by atoms with Gasteiger partial charge in [0.25, 0.3) is 10.0 Å². The third kappa shape index (κ3) is 3.15. The maximum Gasteiger partial charge on any atom is 0.263 e. The molecule has 0 bridgehead atoms. The second kappa shape index (κ2) is 5.60. The quantitative estimate of drug-likeness (QED) is 0.851. The van der Waals surface area contributed by atoms with Crippen LogP contribution in [0.15, 0.2) is 47.4 Å². The lowest BCUT2D eigenvalue weighted by Crippen LogP contribution is -2.13. The highest BCUT2D eigenvalue weighted by molar-refractivity contribution is 7.92. The summed E-state index contributed by atoms with van der Waals surface area (Å²) in [6.07, 6.45) is 0. The van der Waals surface area contributed by atoms with Gasteiger partial charge in [-0.15, -0.1) is 0 Å². The van der Waals surface area contributed by atoms with Crippen molar-refractivity contribution in [2.45, 2.75) is 4.90 Å². The van der Waals surface area contributed by atoms with Crippen molar-refractivity contribution in [3.05, 3.63) is 47.5 Å². The summed E-state index contributed by atoms with van der Waals surface area (Å²) >= 11 is 5.91. The summed E-state index contributed by atoms with van der Waals surface area (Å²) in [7, 11) is -2.22. The first-order valence-corrected chi connectivity index (χ1v) is 7.50. The highest BCUT2D eigenvalue weighted by atomic mass is 35.5. The molecule has 7 heteroatoms. The lowest BCUT2D eigenvalue weighted by Gasteiger charge is -2.10. The second-order valence-corrected chi connectivity index (χ2v) is 6.08. The van der Waals surface area contributed by atoms with Gasteiger partial charge in [-0.25, -0.2) is 8.42 Å². The maximum absolute atomic E-state index is 12.2. The molecular weight excluding hydrogens is 300 g/mol. The van der Waals surface area contributed by atoms with Gasteiger partial charge in [-0.2, -0.15) is 0 Å². The fraction of sp³-hybridized carbons (Fsp3) is 0.0769. The van der Waals surface area contributed by atoms with Crippen molar-refractivity contribution in [1.82, 2.24) is 0 Å². The molecule has 0 saturated carbocycles. The number of hydrogen-bond donors (Lipinski definition) is 2. The van der Waals surface area contributed by atoms with E-state index in [9.17, 15) is 8.42 Å². The molecule has 0 amide bonds. The van der Waals surface area contributed by atoms with Gasteiger partial charge in [0, 0.05) is 11.4 Å². The molecule has 0 aliphatic rings. The Balaban J connectivity index is 2.30. The monoisotopic (exact) mass is 312 g/mol. The topological polar surface area (TPSA) is 81.4 Å². The summed E-state index contributed by atoms with van der Waals surface area (Å²) in [5, 5.41) is 0.0750. The van der Waals surface area contributed by atoms with Crippen LogP contribution >= 0.6 is 11.6 Å². The van der Waals surface area contributed by atoms with Gasteiger partial charge >= 0.3 is 0 Å². The van der Waals surface area contributed by atoms with Crippen LogP contribution in [0.2, 0.25) is 5.02 Å². The third-order valence-electron chi connectivity index (χ3n) is 2.59. The molecule has 0 fully saturated rings. The number of methoxy groups -OCH3 is 1. The van der Waals surface area contributed by atoms with E-state index >= 15 is 0 Å². The van der Waals surface area contributed by atoms with Gasteiger partial charge in [0.1, 0.15) is 10.6 Å². The Bertz CT molecular complexity index is 715. The number of benzene rings is 2. The molecular formula is C13H13ClN2O3S. The minimum Gasteiger partial charge on any atom is -0.497 e. The number of nitrogens with one attached hydrogen (secondary N) is 1. The molecule has 0 aliphatic heterocycles. The summed E-state index contributed by atoms with van der Waals surface area (Å²) in [4.78, 5) is -0.0239. The number of sulfonamides is 1. The minimum absolute atomic E-state index is 0.0239. The van der Waals surface area contributed by atoms with Crippen molar-refractivity contribution in [3.8, 4) is 5.75 Å². The Kier molecular flexibility index (Phi) is 4.06. The normalized spacial score (nSPS) is 11.1. The number of ether oxygens (including phenoxy) is 1. The summed E-state index contributed by atoms with van der Waals surface area (Å²) in [6, 6.07) is 10.7. The zero-order valence-corrected chi connectivity index (χ0v) is 12.2. The van der Waals surface area contributed by atoms with E-state index in [0.29, 0.717) is 17.1 Å². The fourth-order valence-corrected chi connectivity index (χ4v) is 3.22. The van der Waals surface area contributed by atoms with E-state index in [1.807, 2.05) is 0 Å². The van der Waals surface area contributed by atoms with Gasteiger partial charge in [-0.3, -0.25) is 4.72 Å². The highest BCUT2D eigenvalue weighted by Crippen LogP contribution is 2.26. The van der Waals surface area contributed by atoms with Crippen molar-refractivity contribution in [2.75, 3.05) is 17.6 Å². The van der Waals surface area contributed by atoms with E-state index in [-0.39, 0.29) is 9.92 Å². The predicted octanol–water partition coefficient (Wildman–Crippen LogP) is 2.73. The zero-order valence-electron chi connectivity index (χ0n) is 10.6. The van der Waals surface area contributed by atoms with E-state index in [0.717, 1.165) is 0 Å². The van der Waals surface area contributed by atoms with Crippen LogP contribution in [0.4, 0.5) is 11.4 Å². The summed E-state index contributed by atoms with van der Waals surface area (Å²) in [5.41, 5.74) is 6.36. The first-order chi connectivity index (χ1) is 9.42. The van der Waals surface area contributed by atoms with Gasteiger partial charge in [-0.1, -0.05) is 11.6 Å². The number of nitrogens with two attached hydrogens (primary N) is 1. The van der Waals surface area contributed by atoms with Crippen LogP contribution in [0.3, 0.4) is 0 Å². The molecule has 20 heavy (non-hydrogen) atoms. The summed E-state index contributed by atoms with van der Waals surface area (Å²) < 4.78 is 31.9. The Labute approximate surface area is 122 Å². The lowest BCUT2D eigenvalue weighted by molar-refractivity contribution is 0.415. The Morgan fingerprint density at radius 2 is 1.80 bits per heavy atom. The molecule has 3 N–H and O–H groups in total. The smallest absolute Gasteiger partial charge is 0.263 e. The van der Waals surface area contributed by atoms with Crippen LogP contribution in [0.1, 0.15) is 0 Å². The average Bonchev–Trinajstić information content (AvgIpc) is 2.38. The predicted molar refractivity (Wildman–Crippen MR) is 79.7 cm³/mol. The van der Waals surface area contributed by atoms with E-state index < -0.39 is 10.0 Å². The van der Waals surface area contributed by atoms with Crippen LogP contribution in [0, 0.1) is 0 Å². The van der Waals surface area contributed by atoms with Gasteiger partial charge in [-0.05, 0) is 42.5 Å². The Morgan fingerprint density at radius 1 is 1.15 bits per heavy atom. The molecule has 0 saturated heterocycles. The molecule has 0 radical (unpaired) electrons. The molecule has 0 spiro atoms. The molecule has 2 rings (SSSR count). The number of hydrogen-bond acceptors (Lipinski definition) is 4. The molecule has 106 valence electrons. The molecule has 2 aromatic rings. The molecule has 0 unspecified atom stereocenters. The van der Waals surface area contributed by atoms with Crippen LogP contribution in [-0.2, 0) is 10.0 Å². The fourth-order valence-electron chi connectivity index (χ4n) is 1.60. The maximum atomic E-state index is 12.2. The minimum atomic E-state index is -3.76. The largest absolute Gasteiger partial charge is 0.497 e. The number of nitrogen functional groups attached to an aromatic ring is 1. The van der Waals surface area contributed by atoms with E-state index in [1.54, 1.807) is 24.3 Å². The van der Waals surface area contributed by atoms with Crippen LogP contribution in [-0.4, -0.2) is 15.5 Å². The average molecular weight is 313 g/mol. The first-order valence-electron chi connectivity index (χ1n) is 5.64. The van der Waals surface area contributed by atoms with Gasteiger partial charge in [0.2, 0.25) is 0 Å². The van der Waals surface area contributed by atoms with E-state index in [4.69, 9.17) is 22.1 Å². The number of anilines is 2. The molecule has 2 aromatic carbocycles. The van der Waals surface area contributed by atoms with Crippen LogP contribution in [0.5, 0.6) is 5.75 Å². The van der Waals surface area contributed by atoms with Crippen molar-refractivity contribution in [1.29, 1.82) is 0 Å². The highest BCUT2D eigenvalue weighted by Gasteiger charge is 2.18. The van der Waals surface area contributed by atoms with E-state index in [2.05, 4.69) is 4.72 Å². The first kappa shape index (κ1) is 14.5. The number of halogens is 1. The van der Waals surface area contributed by atoms with Crippen molar-refractivity contribution in [3.63, 3.8) is 0 Å². The molecule has 0 aromatic heterocycles. The van der Waals surface area contributed by atoms with Crippen LogP contribution in [0.25, 0.3) is 0 Å². The van der Waals surface area contributed by atoms with Gasteiger partial charge in [0.15, 0.2) is 0 Å². The van der Waals surface area contributed by atoms with Crippen molar-refractivity contribution in [2.24, 2.45) is 0 Å². The Morgan fingerprint density at radius 3 is 2.35 bits per heavy atom. The van der Waals surface area contributed by atoms with Crippen molar-refractivity contribution >= 4 is 33.0 Å². The van der Waals surface area contributed by atoms with Gasteiger partial charge < -0.3 is 10.5 Å². The standard InChI is InChI=1S/C13H13ClN2O3S/c1-19-11-5-3-10(4-6-11)16-20(17,18)13-7-2-9(15)8-12(13)14/h2-8,16H,15H2,1H3. The molecule has 5 nitrogen and oxygen atoms in total. The SMILES string of the molecule is COc1ccc(NS(=O)(=O)c2ccc(N)cc2Cl)cc1. The van der Waals surface area contributed by atoms with Gasteiger partial charge in [0.05, 0.1) is 12.1 Å². The van der Waals surface area contributed by atoms with Crippen LogP contribution < -0.4 is 15.2 Å². The molecule has 0 aliphatic carbocycles. The van der Waals surface area contributed by atoms with E-state index in [1.165, 1.54) is 25.3 Å². The summed E-state index contributed by atoms with van der Waals surface area (Å²) in [6.45, 7) is 0. The Hall–Kier alpha value is -1.92. The zero-order chi connectivity index (χ0) is 14.8. The third-order valence-corrected chi connectivity index (χ3v) is 4.45. The molecule has 0 atom stereocenters. The second-order valence-electron chi connectivity index (χ2n) is 4.02. The molecule has 0 heterocycles.